The third-order valence-corrected chi connectivity index (χ3v) is 5.14. The molecule has 1 aromatic rings. The smallest absolute Gasteiger partial charge is 0.194 e. The number of halogens is 1. The van der Waals surface area contributed by atoms with Gasteiger partial charge >= 0.3 is 0 Å². The summed E-state index contributed by atoms with van der Waals surface area (Å²) in [4.78, 5) is 7.16. The zero-order valence-electron chi connectivity index (χ0n) is 14.5. The van der Waals surface area contributed by atoms with Crippen molar-refractivity contribution in [1.29, 1.82) is 0 Å². The van der Waals surface area contributed by atoms with E-state index in [9.17, 15) is 5.11 Å². The summed E-state index contributed by atoms with van der Waals surface area (Å²) in [6, 6.07) is 5.46. The number of aromatic hydroxyl groups is 1. The van der Waals surface area contributed by atoms with Crippen LogP contribution in [-0.2, 0) is 6.54 Å². The number of hydrogen-bond acceptors (Lipinski definition) is 3. The number of nitrogens with zero attached hydrogens (tertiary/aromatic N) is 2. The van der Waals surface area contributed by atoms with Crippen LogP contribution >= 0.6 is 24.0 Å². The molecular formula is C18H28IN3O2. The van der Waals surface area contributed by atoms with Crippen LogP contribution in [0.3, 0.4) is 0 Å². The largest absolute Gasteiger partial charge is 0.504 e. The Hall–Kier alpha value is -1.18. The molecule has 0 atom stereocenters. The van der Waals surface area contributed by atoms with Gasteiger partial charge in [-0.2, -0.15) is 0 Å². The minimum absolute atomic E-state index is 0. The highest BCUT2D eigenvalue weighted by Crippen LogP contribution is 2.47. The fourth-order valence-corrected chi connectivity index (χ4v) is 3.63. The van der Waals surface area contributed by atoms with Gasteiger partial charge in [0.25, 0.3) is 0 Å². The van der Waals surface area contributed by atoms with Crippen molar-refractivity contribution in [2.24, 2.45) is 10.4 Å². The van der Waals surface area contributed by atoms with Gasteiger partial charge in [0.15, 0.2) is 17.5 Å². The van der Waals surface area contributed by atoms with Gasteiger partial charge in [0.2, 0.25) is 0 Å². The van der Waals surface area contributed by atoms with E-state index in [2.05, 4.69) is 17.1 Å². The van der Waals surface area contributed by atoms with Gasteiger partial charge in [-0.3, -0.25) is 0 Å². The molecule has 1 heterocycles. The zero-order valence-corrected chi connectivity index (χ0v) is 16.9. The number of nitrogens with one attached hydrogen (secondary N) is 1. The Balaban J connectivity index is 0.00000208. The molecule has 5 nitrogen and oxygen atoms in total. The third-order valence-electron chi connectivity index (χ3n) is 5.14. The van der Waals surface area contributed by atoms with E-state index in [1.807, 2.05) is 6.07 Å². The molecule has 1 saturated carbocycles. The molecule has 1 aliphatic heterocycles. The van der Waals surface area contributed by atoms with Crippen molar-refractivity contribution in [3.05, 3.63) is 23.8 Å². The van der Waals surface area contributed by atoms with Crippen LogP contribution in [0.4, 0.5) is 0 Å². The van der Waals surface area contributed by atoms with Gasteiger partial charge in [-0.25, -0.2) is 4.99 Å². The average Bonchev–Trinajstić information content (AvgIpc) is 2.97. The summed E-state index contributed by atoms with van der Waals surface area (Å²) in [5.41, 5.74) is 1.55. The molecule has 0 radical (unpaired) electrons. The molecule has 6 heteroatoms. The molecule has 3 rings (SSSR count). The molecule has 24 heavy (non-hydrogen) atoms. The average molecular weight is 445 g/mol. The van der Waals surface area contributed by atoms with Crippen molar-refractivity contribution in [3.8, 4) is 11.5 Å². The number of guanidine groups is 1. The van der Waals surface area contributed by atoms with E-state index in [-0.39, 0.29) is 29.7 Å². The van der Waals surface area contributed by atoms with Crippen molar-refractivity contribution >= 4 is 29.9 Å². The van der Waals surface area contributed by atoms with Crippen LogP contribution in [0.5, 0.6) is 11.5 Å². The second-order valence-corrected chi connectivity index (χ2v) is 6.70. The molecule has 0 amide bonds. The van der Waals surface area contributed by atoms with Gasteiger partial charge in [0.05, 0.1) is 13.7 Å². The summed E-state index contributed by atoms with van der Waals surface area (Å²) >= 11 is 0. The van der Waals surface area contributed by atoms with E-state index in [4.69, 9.17) is 9.73 Å². The second-order valence-electron chi connectivity index (χ2n) is 6.70. The van der Waals surface area contributed by atoms with Crippen LogP contribution in [0.2, 0.25) is 0 Å². The molecule has 2 N–H and O–H groups in total. The van der Waals surface area contributed by atoms with Crippen molar-refractivity contribution < 1.29 is 9.84 Å². The number of methoxy groups -OCH3 is 1. The molecule has 1 aliphatic carbocycles. The molecule has 2 aliphatic rings. The van der Waals surface area contributed by atoms with Gasteiger partial charge < -0.3 is 20.1 Å². The summed E-state index contributed by atoms with van der Waals surface area (Å²) in [5.74, 6) is 1.66. The van der Waals surface area contributed by atoms with Crippen molar-refractivity contribution in [2.75, 3.05) is 26.7 Å². The van der Waals surface area contributed by atoms with E-state index in [1.54, 1.807) is 19.2 Å². The molecule has 1 aromatic carbocycles. The lowest BCUT2D eigenvalue weighted by atomic mass is 9.68. The Kier molecular flexibility index (Phi) is 6.60. The summed E-state index contributed by atoms with van der Waals surface area (Å²) < 4.78 is 5.08. The highest BCUT2D eigenvalue weighted by Gasteiger charge is 2.43. The Labute approximate surface area is 161 Å². The molecule has 1 spiro atoms. The Bertz CT molecular complexity index is 588. The maximum atomic E-state index is 9.88. The summed E-state index contributed by atoms with van der Waals surface area (Å²) in [5, 5.41) is 13.3. The highest BCUT2D eigenvalue weighted by molar-refractivity contribution is 14.0. The molecule has 134 valence electrons. The molecule has 1 saturated heterocycles. The molecule has 0 unspecified atom stereocenters. The normalized spacial score (nSPS) is 18.9. The fourth-order valence-electron chi connectivity index (χ4n) is 3.63. The molecular weight excluding hydrogens is 417 g/mol. The van der Waals surface area contributed by atoms with Crippen LogP contribution < -0.4 is 10.1 Å². The molecule has 0 bridgehead atoms. The maximum absolute atomic E-state index is 9.88. The minimum Gasteiger partial charge on any atom is -0.504 e. The van der Waals surface area contributed by atoms with Crippen LogP contribution in [0.25, 0.3) is 0 Å². The maximum Gasteiger partial charge on any atom is 0.194 e. The summed E-state index contributed by atoms with van der Waals surface area (Å²) in [6.45, 7) is 5.76. The van der Waals surface area contributed by atoms with E-state index in [0.29, 0.717) is 17.7 Å². The highest BCUT2D eigenvalue weighted by atomic mass is 127. The number of ether oxygens (including phenoxy) is 1. The lowest BCUT2D eigenvalue weighted by molar-refractivity contribution is 0.151. The van der Waals surface area contributed by atoms with E-state index in [1.165, 1.54) is 25.7 Å². The van der Waals surface area contributed by atoms with Crippen molar-refractivity contribution in [3.63, 3.8) is 0 Å². The number of rotatable bonds is 4. The first kappa shape index (κ1) is 19.1. The lowest BCUT2D eigenvalue weighted by Crippen LogP contribution is -2.42. The number of hydrogen-bond donors (Lipinski definition) is 2. The van der Waals surface area contributed by atoms with Crippen molar-refractivity contribution in [1.82, 2.24) is 10.2 Å². The van der Waals surface area contributed by atoms with Gasteiger partial charge in [-0.15, -0.1) is 24.0 Å². The minimum atomic E-state index is 0. The van der Waals surface area contributed by atoms with Gasteiger partial charge in [-0.05, 0) is 49.3 Å². The van der Waals surface area contributed by atoms with E-state index < -0.39 is 0 Å². The Morgan fingerprint density at radius 3 is 2.71 bits per heavy atom. The number of phenols is 1. The van der Waals surface area contributed by atoms with Crippen molar-refractivity contribution in [2.45, 2.75) is 39.2 Å². The number of phenolic OH excluding ortho intramolecular Hbond substituents is 1. The number of likely N-dealkylation sites (tertiary alicyclic amines) is 1. The Morgan fingerprint density at radius 2 is 2.17 bits per heavy atom. The van der Waals surface area contributed by atoms with Crippen LogP contribution in [0.15, 0.2) is 23.2 Å². The SMILES string of the molecule is CCNC(=NCc1ccc(OC)c(O)c1)N1CCC2(CCC2)C1.I. The lowest BCUT2D eigenvalue weighted by Gasteiger charge is -2.38. The van der Waals surface area contributed by atoms with Gasteiger partial charge in [-0.1, -0.05) is 12.5 Å². The van der Waals surface area contributed by atoms with Crippen LogP contribution in [-0.4, -0.2) is 42.7 Å². The number of aliphatic imine (C=N–C) groups is 1. The summed E-state index contributed by atoms with van der Waals surface area (Å²) in [6.07, 6.45) is 5.41. The third kappa shape index (κ3) is 4.07. The Morgan fingerprint density at radius 1 is 1.38 bits per heavy atom. The van der Waals surface area contributed by atoms with Gasteiger partial charge in [0, 0.05) is 19.6 Å². The van der Waals surface area contributed by atoms with Crippen LogP contribution in [0.1, 0.15) is 38.2 Å². The standard InChI is InChI=1S/C18H27N3O2.HI/c1-3-19-17(21-10-9-18(13-21)7-4-8-18)20-12-14-5-6-16(23-2)15(22)11-14;/h5-6,11,22H,3-4,7-10,12-13H2,1-2H3,(H,19,20);1H. The first-order chi connectivity index (χ1) is 11.2. The second kappa shape index (κ2) is 8.27. The predicted octanol–water partition coefficient (Wildman–Crippen LogP) is 3.36. The molecule has 2 fully saturated rings. The van der Waals surface area contributed by atoms with E-state index >= 15 is 0 Å². The quantitative estimate of drug-likeness (QED) is 0.424. The number of benzene rings is 1. The van der Waals surface area contributed by atoms with E-state index in [0.717, 1.165) is 31.2 Å². The predicted molar refractivity (Wildman–Crippen MR) is 107 cm³/mol. The van der Waals surface area contributed by atoms with Gasteiger partial charge in [0.1, 0.15) is 0 Å². The zero-order chi connectivity index (χ0) is 16.3. The van der Waals surface area contributed by atoms with Crippen LogP contribution in [0, 0.1) is 5.41 Å². The topological polar surface area (TPSA) is 57.1 Å². The molecule has 0 aromatic heterocycles. The first-order valence-electron chi connectivity index (χ1n) is 8.55. The summed E-state index contributed by atoms with van der Waals surface area (Å²) in [7, 11) is 1.56. The fraction of sp³-hybridized carbons (Fsp3) is 0.611. The first-order valence-corrected chi connectivity index (χ1v) is 8.55. The monoisotopic (exact) mass is 445 g/mol.